The van der Waals surface area contributed by atoms with E-state index >= 15 is 0 Å². The highest BCUT2D eigenvalue weighted by Gasteiger charge is 2.17. The zero-order chi connectivity index (χ0) is 16.1. The number of aromatic nitrogens is 2. The molecule has 0 unspecified atom stereocenters. The number of amides is 1. The summed E-state index contributed by atoms with van der Waals surface area (Å²) in [6, 6.07) is 7.61. The number of methoxy groups -OCH3 is 1. The van der Waals surface area contributed by atoms with Crippen molar-refractivity contribution in [2.45, 2.75) is 39.3 Å². The minimum atomic E-state index is -0.332. The lowest BCUT2D eigenvalue weighted by Crippen LogP contribution is -2.37. The van der Waals surface area contributed by atoms with Gasteiger partial charge in [0.15, 0.2) is 0 Å². The normalized spacial score (nSPS) is 13.5. The molecule has 0 fully saturated rings. The summed E-state index contributed by atoms with van der Waals surface area (Å²) in [5.74, 6) is 0.802. The van der Waals surface area contributed by atoms with Crippen molar-refractivity contribution < 1.29 is 9.53 Å². The molecule has 2 aromatic rings. The second kappa shape index (κ2) is 7.11. The fourth-order valence-corrected chi connectivity index (χ4v) is 2.07. The summed E-state index contributed by atoms with van der Waals surface area (Å²) >= 11 is 0. The van der Waals surface area contributed by atoms with Crippen molar-refractivity contribution >= 4 is 5.91 Å². The summed E-state index contributed by atoms with van der Waals surface area (Å²) < 4.78 is 6.85. The predicted octanol–water partition coefficient (Wildman–Crippen LogP) is 3.03. The third kappa shape index (κ3) is 3.67. The van der Waals surface area contributed by atoms with Gasteiger partial charge in [0.1, 0.15) is 11.8 Å². The van der Waals surface area contributed by atoms with Crippen molar-refractivity contribution in [1.29, 1.82) is 0 Å². The average molecular weight is 301 g/mol. The lowest BCUT2D eigenvalue weighted by Gasteiger charge is -2.16. The molecule has 0 spiro atoms. The van der Waals surface area contributed by atoms with E-state index in [0.29, 0.717) is 0 Å². The molecule has 22 heavy (non-hydrogen) atoms. The molecule has 1 amide bonds. The molecule has 1 N–H and O–H groups in total. The van der Waals surface area contributed by atoms with Gasteiger partial charge in [-0.2, -0.15) is 5.10 Å². The third-order valence-electron chi connectivity index (χ3n) is 3.80. The van der Waals surface area contributed by atoms with E-state index in [1.807, 2.05) is 51.2 Å². The molecular weight excluding hydrogens is 278 g/mol. The Balaban J connectivity index is 2.11. The van der Waals surface area contributed by atoms with E-state index in [4.69, 9.17) is 4.74 Å². The monoisotopic (exact) mass is 301 g/mol. The van der Waals surface area contributed by atoms with Crippen LogP contribution < -0.4 is 10.1 Å². The van der Waals surface area contributed by atoms with Gasteiger partial charge < -0.3 is 10.1 Å². The first-order valence-corrected chi connectivity index (χ1v) is 7.54. The average Bonchev–Trinajstić information content (AvgIpc) is 3.03. The zero-order valence-electron chi connectivity index (χ0n) is 13.5. The van der Waals surface area contributed by atoms with Crippen LogP contribution in [-0.2, 0) is 4.79 Å². The minimum Gasteiger partial charge on any atom is -0.497 e. The summed E-state index contributed by atoms with van der Waals surface area (Å²) in [7, 11) is 1.64. The van der Waals surface area contributed by atoms with Crippen LogP contribution in [0.2, 0.25) is 0 Å². The number of carbonyl (C=O) groups is 1. The summed E-state index contributed by atoms with van der Waals surface area (Å²) in [5, 5.41) is 7.29. The molecule has 2 atom stereocenters. The highest BCUT2D eigenvalue weighted by molar-refractivity contribution is 5.80. The topological polar surface area (TPSA) is 56.2 Å². The van der Waals surface area contributed by atoms with E-state index in [1.54, 1.807) is 18.0 Å². The van der Waals surface area contributed by atoms with Gasteiger partial charge in [-0.1, -0.05) is 19.1 Å². The van der Waals surface area contributed by atoms with Crippen molar-refractivity contribution in [3.63, 3.8) is 0 Å². The van der Waals surface area contributed by atoms with Gasteiger partial charge in [0.25, 0.3) is 0 Å². The van der Waals surface area contributed by atoms with Gasteiger partial charge in [-0.25, -0.2) is 0 Å². The van der Waals surface area contributed by atoms with Crippen molar-refractivity contribution in [3.05, 3.63) is 36.7 Å². The molecule has 1 aromatic carbocycles. The maximum absolute atomic E-state index is 12.2. The van der Waals surface area contributed by atoms with Crippen molar-refractivity contribution in [2.24, 2.45) is 0 Å². The van der Waals surface area contributed by atoms with E-state index in [-0.39, 0.29) is 18.0 Å². The van der Waals surface area contributed by atoms with Crippen LogP contribution in [0.3, 0.4) is 0 Å². The first-order chi connectivity index (χ1) is 10.5. The lowest BCUT2D eigenvalue weighted by molar-refractivity contribution is -0.124. The van der Waals surface area contributed by atoms with Crippen LogP contribution in [0.4, 0.5) is 0 Å². The highest BCUT2D eigenvalue weighted by Crippen LogP contribution is 2.22. The van der Waals surface area contributed by atoms with E-state index in [0.717, 1.165) is 23.3 Å². The SMILES string of the molecule is CC[C@H](C)NC(=O)[C@@H](C)n1cc(-c2ccc(OC)cc2)cn1. The maximum atomic E-state index is 12.2. The molecule has 0 bridgehead atoms. The van der Waals surface area contributed by atoms with Gasteiger partial charge in [0, 0.05) is 17.8 Å². The second-order valence-electron chi connectivity index (χ2n) is 5.43. The largest absolute Gasteiger partial charge is 0.497 e. The fraction of sp³-hybridized carbons (Fsp3) is 0.412. The van der Waals surface area contributed by atoms with Gasteiger partial charge in [-0.05, 0) is 38.0 Å². The van der Waals surface area contributed by atoms with Crippen molar-refractivity contribution in [2.75, 3.05) is 7.11 Å². The molecule has 0 aliphatic rings. The number of ether oxygens (including phenoxy) is 1. The van der Waals surface area contributed by atoms with E-state index in [9.17, 15) is 4.79 Å². The van der Waals surface area contributed by atoms with Crippen LogP contribution in [-0.4, -0.2) is 28.8 Å². The number of nitrogens with zero attached hydrogens (tertiary/aromatic N) is 2. The molecule has 0 aliphatic carbocycles. The first-order valence-electron chi connectivity index (χ1n) is 7.54. The van der Waals surface area contributed by atoms with Gasteiger partial charge in [0.2, 0.25) is 5.91 Å². The smallest absolute Gasteiger partial charge is 0.244 e. The molecule has 5 heteroatoms. The van der Waals surface area contributed by atoms with Crippen LogP contribution in [0.15, 0.2) is 36.7 Å². The van der Waals surface area contributed by atoms with Crippen LogP contribution in [0, 0.1) is 0 Å². The second-order valence-corrected chi connectivity index (χ2v) is 5.43. The lowest BCUT2D eigenvalue weighted by atomic mass is 10.1. The standard InChI is InChI=1S/C17H23N3O2/c1-5-12(2)19-17(21)13(3)20-11-15(10-18-20)14-6-8-16(22-4)9-7-14/h6-13H,5H2,1-4H3,(H,19,21)/t12-,13+/m0/s1. The molecule has 1 aromatic heterocycles. The Bertz CT molecular complexity index is 619. The Hall–Kier alpha value is -2.30. The minimum absolute atomic E-state index is 0.0151. The Morgan fingerprint density at radius 3 is 2.55 bits per heavy atom. The van der Waals surface area contributed by atoms with Crippen LogP contribution in [0.25, 0.3) is 11.1 Å². The molecule has 1 heterocycles. The molecule has 5 nitrogen and oxygen atoms in total. The summed E-state index contributed by atoms with van der Waals surface area (Å²) in [6.07, 6.45) is 4.58. The molecule has 0 saturated heterocycles. The van der Waals surface area contributed by atoms with E-state index < -0.39 is 0 Å². The summed E-state index contributed by atoms with van der Waals surface area (Å²) in [5.41, 5.74) is 2.02. The summed E-state index contributed by atoms with van der Waals surface area (Å²) in [4.78, 5) is 12.2. The van der Waals surface area contributed by atoms with Gasteiger partial charge >= 0.3 is 0 Å². The molecular formula is C17H23N3O2. The van der Waals surface area contributed by atoms with Crippen LogP contribution in [0.5, 0.6) is 5.75 Å². The van der Waals surface area contributed by atoms with Gasteiger partial charge in [0.05, 0.1) is 13.3 Å². The van der Waals surface area contributed by atoms with Crippen molar-refractivity contribution in [1.82, 2.24) is 15.1 Å². The van der Waals surface area contributed by atoms with Crippen molar-refractivity contribution in [3.8, 4) is 16.9 Å². The molecule has 0 radical (unpaired) electrons. The van der Waals surface area contributed by atoms with Gasteiger partial charge in [-0.15, -0.1) is 0 Å². The molecule has 2 rings (SSSR count). The number of rotatable bonds is 6. The quantitative estimate of drug-likeness (QED) is 0.892. The fourth-order valence-electron chi connectivity index (χ4n) is 2.07. The van der Waals surface area contributed by atoms with Crippen LogP contribution >= 0.6 is 0 Å². The predicted molar refractivity (Wildman–Crippen MR) is 86.8 cm³/mol. The number of hydrogen-bond acceptors (Lipinski definition) is 3. The third-order valence-corrected chi connectivity index (χ3v) is 3.80. The highest BCUT2D eigenvalue weighted by atomic mass is 16.5. The molecule has 118 valence electrons. The Morgan fingerprint density at radius 1 is 1.27 bits per heavy atom. The molecule has 0 aliphatic heterocycles. The number of hydrogen-bond donors (Lipinski definition) is 1. The number of carbonyl (C=O) groups excluding carboxylic acids is 1. The Kier molecular flexibility index (Phi) is 5.20. The Morgan fingerprint density at radius 2 is 1.95 bits per heavy atom. The first kappa shape index (κ1) is 16.1. The number of nitrogens with one attached hydrogen (secondary N) is 1. The van der Waals surface area contributed by atoms with Gasteiger partial charge in [-0.3, -0.25) is 9.48 Å². The van der Waals surface area contributed by atoms with E-state index in [2.05, 4.69) is 10.4 Å². The molecule has 0 saturated carbocycles. The van der Waals surface area contributed by atoms with Crippen LogP contribution in [0.1, 0.15) is 33.2 Å². The van der Waals surface area contributed by atoms with E-state index in [1.165, 1.54) is 0 Å². The maximum Gasteiger partial charge on any atom is 0.244 e. The Labute approximate surface area is 131 Å². The number of benzene rings is 1. The summed E-state index contributed by atoms with van der Waals surface area (Å²) in [6.45, 7) is 5.89. The zero-order valence-corrected chi connectivity index (χ0v) is 13.5.